The van der Waals surface area contributed by atoms with Gasteiger partial charge in [0.25, 0.3) is 0 Å². The second-order valence-corrected chi connectivity index (χ2v) is 7.25. The zero-order valence-corrected chi connectivity index (χ0v) is 15.9. The lowest BCUT2D eigenvalue weighted by atomic mass is 10.1. The molecule has 1 aliphatic rings. The van der Waals surface area contributed by atoms with Gasteiger partial charge < -0.3 is 9.80 Å². The number of anilines is 1. The molecule has 8 heteroatoms. The number of rotatable bonds is 3. The predicted octanol–water partition coefficient (Wildman–Crippen LogP) is 4.27. The molecule has 1 aliphatic heterocycles. The van der Waals surface area contributed by atoms with Crippen molar-refractivity contribution in [3.63, 3.8) is 0 Å². The second-order valence-electron chi connectivity index (χ2n) is 5.51. The highest BCUT2D eigenvalue weighted by Gasteiger charge is 2.34. The van der Waals surface area contributed by atoms with Crippen LogP contribution in [0.3, 0.4) is 0 Å². The Morgan fingerprint density at radius 2 is 1.76 bits per heavy atom. The number of nitrogens with zero attached hydrogens (tertiary/aromatic N) is 2. The summed E-state index contributed by atoms with van der Waals surface area (Å²) in [5, 5.41) is 0.608. The van der Waals surface area contributed by atoms with Gasteiger partial charge in [0.05, 0.1) is 10.7 Å². The molecule has 2 aromatic rings. The second kappa shape index (κ2) is 7.32. The van der Waals surface area contributed by atoms with Crippen molar-refractivity contribution < 1.29 is 14.0 Å². The van der Waals surface area contributed by atoms with Crippen LogP contribution in [0.2, 0.25) is 10.0 Å². The van der Waals surface area contributed by atoms with Crippen LogP contribution in [0.15, 0.2) is 40.9 Å². The molecule has 0 unspecified atom stereocenters. The lowest BCUT2D eigenvalue weighted by Gasteiger charge is -2.34. The van der Waals surface area contributed by atoms with Crippen LogP contribution in [0, 0.1) is 5.82 Å². The van der Waals surface area contributed by atoms with Gasteiger partial charge in [-0.3, -0.25) is 9.59 Å². The van der Waals surface area contributed by atoms with Gasteiger partial charge in [-0.2, -0.15) is 0 Å². The van der Waals surface area contributed by atoms with Gasteiger partial charge in [0.1, 0.15) is 5.82 Å². The molecule has 0 aromatic heterocycles. The van der Waals surface area contributed by atoms with Crippen LogP contribution in [0.5, 0.6) is 0 Å². The molecule has 0 radical (unpaired) electrons. The molecule has 0 spiro atoms. The Balaban J connectivity index is 1.80. The Morgan fingerprint density at radius 1 is 1.00 bits per heavy atom. The van der Waals surface area contributed by atoms with Crippen molar-refractivity contribution in [3.05, 3.63) is 62.3 Å². The lowest BCUT2D eigenvalue weighted by molar-refractivity contribution is -0.146. The van der Waals surface area contributed by atoms with E-state index in [0.717, 1.165) is 4.47 Å². The topological polar surface area (TPSA) is 40.6 Å². The first-order valence-corrected chi connectivity index (χ1v) is 8.91. The van der Waals surface area contributed by atoms with Crippen molar-refractivity contribution in [1.29, 1.82) is 0 Å². The summed E-state index contributed by atoms with van der Waals surface area (Å²) in [5.74, 6) is -1.77. The normalized spacial score (nSPS) is 15.0. The molecule has 2 amide bonds. The Morgan fingerprint density at radius 3 is 2.48 bits per heavy atom. The maximum atomic E-state index is 13.1. The van der Waals surface area contributed by atoms with Gasteiger partial charge in [-0.05, 0) is 35.9 Å². The zero-order valence-electron chi connectivity index (χ0n) is 12.8. The standard InChI is InChI=1S/C17H12BrCl2FN2O2/c18-11-2-4-13(19)15(7-11)23-6-5-22(16(24)17(23)25)9-10-1-3-12(21)8-14(10)20/h1-4,7-8H,5-6,9H2. The van der Waals surface area contributed by atoms with Crippen LogP contribution in [-0.2, 0) is 16.1 Å². The van der Waals surface area contributed by atoms with Crippen LogP contribution < -0.4 is 4.90 Å². The molecule has 0 atom stereocenters. The molecule has 1 saturated heterocycles. The van der Waals surface area contributed by atoms with E-state index in [1.54, 1.807) is 18.2 Å². The zero-order chi connectivity index (χ0) is 18.1. The monoisotopic (exact) mass is 444 g/mol. The molecule has 130 valence electrons. The maximum absolute atomic E-state index is 13.1. The molecule has 4 nitrogen and oxygen atoms in total. The first-order valence-electron chi connectivity index (χ1n) is 7.36. The van der Waals surface area contributed by atoms with E-state index in [1.807, 2.05) is 0 Å². The minimum atomic E-state index is -0.663. The molecular formula is C17H12BrCl2FN2O2. The van der Waals surface area contributed by atoms with Crippen LogP contribution in [0.25, 0.3) is 0 Å². The third kappa shape index (κ3) is 3.81. The molecule has 1 fully saturated rings. The smallest absolute Gasteiger partial charge is 0.316 e. The number of halogens is 4. The van der Waals surface area contributed by atoms with Gasteiger partial charge in [-0.15, -0.1) is 0 Å². The summed E-state index contributed by atoms with van der Waals surface area (Å²) in [6.45, 7) is 0.768. The minimum absolute atomic E-state index is 0.143. The number of hydrogen-bond acceptors (Lipinski definition) is 2. The van der Waals surface area contributed by atoms with E-state index in [4.69, 9.17) is 23.2 Å². The van der Waals surface area contributed by atoms with Crippen LogP contribution in [0.1, 0.15) is 5.56 Å². The van der Waals surface area contributed by atoms with E-state index in [1.165, 1.54) is 28.0 Å². The molecule has 2 aromatic carbocycles. The highest BCUT2D eigenvalue weighted by Crippen LogP contribution is 2.31. The van der Waals surface area contributed by atoms with Crippen molar-refractivity contribution in [2.24, 2.45) is 0 Å². The summed E-state index contributed by atoms with van der Waals surface area (Å²) in [6.07, 6.45) is 0. The first kappa shape index (κ1) is 18.2. The van der Waals surface area contributed by atoms with E-state index < -0.39 is 17.6 Å². The summed E-state index contributed by atoms with van der Waals surface area (Å²) >= 11 is 15.5. The minimum Gasteiger partial charge on any atom is -0.328 e. The third-order valence-corrected chi connectivity index (χ3v) is 5.05. The quantitative estimate of drug-likeness (QED) is 0.662. The van der Waals surface area contributed by atoms with Crippen molar-refractivity contribution in [2.75, 3.05) is 18.0 Å². The molecule has 0 bridgehead atoms. The summed E-state index contributed by atoms with van der Waals surface area (Å²) in [6, 6.07) is 9.06. The van der Waals surface area contributed by atoms with Crippen LogP contribution in [-0.4, -0.2) is 29.8 Å². The van der Waals surface area contributed by atoms with E-state index in [0.29, 0.717) is 29.4 Å². The molecule has 1 heterocycles. The molecule has 25 heavy (non-hydrogen) atoms. The van der Waals surface area contributed by atoms with Crippen LogP contribution in [0.4, 0.5) is 10.1 Å². The SMILES string of the molecule is O=C1C(=O)N(c2cc(Br)ccc2Cl)CCN1Cc1ccc(F)cc1Cl. The molecule has 0 N–H and O–H groups in total. The fraction of sp³-hybridized carbons (Fsp3) is 0.176. The van der Waals surface area contributed by atoms with Crippen molar-refractivity contribution in [2.45, 2.75) is 6.54 Å². The van der Waals surface area contributed by atoms with Gasteiger partial charge in [0.15, 0.2) is 0 Å². The van der Waals surface area contributed by atoms with Crippen molar-refractivity contribution in [1.82, 2.24) is 4.90 Å². The van der Waals surface area contributed by atoms with Crippen LogP contribution >= 0.6 is 39.1 Å². The third-order valence-electron chi connectivity index (χ3n) is 3.88. The highest BCUT2D eigenvalue weighted by atomic mass is 79.9. The fourth-order valence-electron chi connectivity index (χ4n) is 2.60. The van der Waals surface area contributed by atoms with Gasteiger partial charge in [-0.1, -0.05) is 45.2 Å². The van der Waals surface area contributed by atoms with Gasteiger partial charge in [-0.25, -0.2) is 4.39 Å². The van der Waals surface area contributed by atoms with Gasteiger partial charge in [0, 0.05) is 29.1 Å². The molecule has 0 aliphatic carbocycles. The predicted molar refractivity (Wildman–Crippen MR) is 98.3 cm³/mol. The number of piperazine rings is 1. The first-order chi connectivity index (χ1) is 11.9. The molecular weight excluding hydrogens is 434 g/mol. The van der Waals surface area contributed by atoms with E-state index in [9.17, 15) is 14.0 Å². The highest BCUT2D eigenvalue weighted by molar-refractivity contribution is 9.10. The number of carbonyl (C=O) groups is 2. The van der Waals surface area contributed by atoms with Gasteiger partial charge in [0.2, 0.25) is 0 Å². The Kier molecular flexibility index (Phi) is 5.32. The molecule has 3 rings (SSSR count). The van der Waals surface area contributed by atoms with Crippen molar-refractivity contribution in [3.8, 4) is 0 Å². The largest absolute Gasteiger partial charge is 0.328 e. The van der Waals surface area contributed by atoms with Gasteiger partial charge >= 0.3 is 11.8 Å². The van der Waals surface area contributed by atoms with E-state index in [-0.39, 0.29) is 11.6 Å². The Labute approximate surface area is 162 Å². The molecule has 0 saturated carbocycles. The lowest BCUT2D eigenvalue weighted by Crippen LogP contribution is -2.54. The number of hydrogen-bond donors (Lipinski definition) is 0. The summed E-state index contributed by atoms with van der Waals surface area (Å²) in [7, 11) is 0. The number of benzene rings is 2. The fourth-order valence-corrected chi connectivity index (χ4v) is 3.40. The van der Waals surface area contributed by atoms with E-state index in [2.05, 4.69) is 15.9 Å². The maximum Gasteiger partial charge on any atom is 0.316 e. The summed E-state index contributed by atoms with van der Waals surface area (Å²) in [5.41, 5.74) is 1.06. The Hall–Kier alpha value is -1.63. The number of amides is 2. The average Bonchev–Trinajstić information content (AvgIpc) is 2.57. The summed E-state index contributed by atoms with van der Waals surface area (Å²) < 4.78 is 13.9. The van der Waals surface area contributed by atoms with Crippen molar-refractivity contribution >= 4 is 56.6 Å². The number of carbonyl (C=O) groups excluding carboxylic acids is 2. The summed E-state index contributed by atoms with van der Waals surface area (Å²) in [4.78, 5) is 27.7. The average molecular weight is 446 g/mol. The van der Waals surface area contributed by atoms with E-state index >= 15 is 0 Å². The Bertz CT molecular complexity index is 863.